The monoisotopic (exact) mass is 545 g/mol. The zero-order valence-electron chi connectivity index (χ0n) is 23.8. The fraction of sp³-hybridized carbons (Fsp3) is 0.333. The number of benzene rings is 3. The molecule has 0 radical (unpaired) electrons. The molecular formula is C33H36ClNO4. The maximum absolute atomic E-state index is 13.7. The molecule has 1 heterocycles. The lowest BCUT2D eigenvalue weighted by Gasteiger charge is -2.28. The number of ketones is 1. The summed E-state index contributed by atoms with van der Waals surface area (Å²) in [5, 5.41) is 12.2. The van der Waals surface area contributed by atoms with E-state index in [1.165, 1.54) is 4.90 Å². The van der Waals surface area contributed by atoms with Crippen molar-refractivity contribution in [3.63, 3.8) is 0 Å². The van der Waals surface area contributed by atoms with Crippen molar-refractivity contribution in [3.8, 4) is 5.75 Å². The number of hydrogen-bond acceptors (Lipinski definition) is 4. The Morgan fingerprint density at radius 3 is 2.18 bits per heavy atom. The van der Waals surface area contributed by atoms with Crippen molar-refractivity contribution in [3.05, 3.63) is 98.6 Å². The van der Waals surface area contributed by atoms with E-state index in [9.17, 15) is 14.7 Å². The van der Waals surface area contributed by atoms with E-state index in [0.29, 0.717) is 22.0 Å². The highest BCUT2D eigenvalue weighted by Crippen LogP contribution is 2.45. The summed E-state index contributed by atoms with van der Waals surface area (Å²) in [7, 11) is 1.61. The molecule has 39 heavy (non-hydrogen) atoms. The average molecular weight is 546 g/mol. The molecule has 0 aromatic heterocycles. The summed E-state index contributed by atoms with van der Waals surface area (Å²) < 4.78 is 5.57. The number of ether oxygens (including phenoxy) is 1. The molecular weight excluding hydrogens is 510 g/mol. The maximum Gasteiger partial charge on any atom is 0.300 e. The number of anilines is 1. The minimum absolute atomic E-state index is 0.0471. The number of nitrogens with zero attached hydrogens (tertiary/aromatic N) is 1. The quantitative estimate of drug-likeness (QED) is 0.200. The molecule has 1 amide bonds. The first-order chi connectivity index (χ1) is 18.3. The van der Waals surface area contributed by atoms with E-state index in [4.69, 9.17) is 16.3 Å². The lowest BCUT2D eigenvalue weighted by atomic mass is 9.85. The number of aliphatic hydroxyl groups is 1. The Morgan fingerprint density at radius 1 is 0.974 bits per heavy atom. The fourth-order valence-electron chi connectivity index (χ4n) is 5.13. The SMILES string of the molecule is COc1cc(C)c(/C(O)=C2\C(=O)C(=O)N(c3cc(Cl)ccc3C)C2c2ccc(C(C)(C)C)cc2)cc1C(C)C. The summed E-state index contributed by atoms with van der Waals surface area (Å²) in [5.41, 5.74) is 5.27. The Morgan fingerprint density at radius 2 is 1.62 bits per heavy atom. The van der Waals surface area contributed by atoms with Crippen LogP contribution in [0.2, 0.25) is 5.02 Å². The second kappa shape index (κ2) is 10.5. The van der Waals surface area contributed by atoms with Gasteiger partial charge in [-0.1, -0.05) is 76.6 Å². The second-order valence-electron chi connectivity index (χ2n) is 11.5. The minimum Gasteiger partial charge on any atom is -0.507 e. The van der Waals surface area contributed by atoms with Gasteiger partial charge in [-0.15, -0.1) is 0 Å². The van der Waals surface area contributed by atoms with E-state index in [2.05, 4.69) is 20.8 Å². The Labute approximate surface area is 236 Å². The van der Waals surface area contributed by atoms with Gasteiger partial charge in [0.1, 0.15) is 11.5 Å². The molecule has 1 aliphatic heterocycles. The molecule has 0 aliphatic carbocycles. The van der Waals surface area contributed by atoms with Crippen LogP contribution < -0.4 is 9.64 Å². The predicted octanol–water partition coefficient (Wildman–Crippen LogP) is 8.01. The van der Waals surface area contributed by atoms with Gasteiger partial charge in [-0.05, 0) is 77.3 Å². The molecule has 1 saturated heterocycles. The van der Waals surface area contributed by atoms with E-state index < -0.39 is 17.7 Å². The van der Waals surface area contributed by atoms with Gasteiger partial charge in [0, 0.05) is 16.3 Å². The summed E-state index contributed by atoms with van der Waals surface area (Å²) in [6.07, 6.45) is 0. The van der Waals surface area contributed by atoms with Crippen molar-refractivity contribution in [1.29, 1.82) is 0 Å². The highest BCUT2D eigenvalue weighted by atomic mass is 35.5. The summed E-state index contributed by atoms with van der Waals surface area (Å²) in [6, 6.07) is 16.0. The minimum atomic E-state index is -0.833. The van der Waals surface area contributed by atoms with Crippen LogP contribution in [0, 0.1) is 13.8 Å². The number of methoxy groups -OCH3 is 1. The van der Waals surface area contributed by atoms with Crippen molar-refractivity contribution in [2.45, 2.75) is 65.8 Å². The molecule has 1 aliphatic rings. The number of aliphatic hydroxyl groups excluding tert-OH is 1. The van der Waals surface area contributed by atoms with Crippen LogP contribution in [0.4, 0.5) is 5.69 Å². The second-order valence-corrected chi connectivity index (χ2v) is 12.0. The standard InChI is InChI=1S/C33H36ClNO4/c1-18(2)24-17-25(20(4)15-27(24)39-8)30(36)28-29(21-10-12-22(13-11-21)33(5,6)7)35(32(38)31(28)37)26-16-23(34)14-9-19(26)3/h9-18,29,36H,1-8H3/b30-28+. The van der Waals surface area contributed by atoms with Gasteiger partial charge >= 0.3 is 0 Å². The molecule has 1 unspecified atom stereocenters. The highest BCUT2D eigenvalue weighted by molar-refractivity contribution is 6.52. The van der Waals surface area contributed by atoms with E-state index in [0.717, 1.165) is 27.8 Å². The Bertz CT molecular complexity index is 1480. The Kier molecular flexibility index (Phi) is 7.68. The van der Waals surface area contributed by atoms with Crippen molar-refractivity contribution in [2.24, 2.45) is 0 Å². The van der Waals surface area contributed by atoms with Gasteiger partial charge in [-0.25, -0.2) is 0 Å². The third kappa shape index (κ3) is 5.20. The number of Topliss-reactive ketones (excluding diaryl/α,β-unsaturated/α-hetero) is 1. The summed E-state index contributed by atoms with van der Waals surface area (Å²) in [4.78, 5) is 28.8. The van der Waals surface area contributed by atoms with Crippen LogP contribution in [-0.2, 0) is 15.0 Å². The average Bonchev–Trinajstić information content (AvgIpc) is 3.14. The molecule has 204 valence electrons. The van der Waals surface area contributed by atoms with Crippen LogP contribution in [-0.4, -0.2) is 23.9 Å². The molecule has 1 atom stereocenters. The van der Waals surface area contributed by atoms with Gasteiger partial charge in [0.05, 0.1) is 18.7 Å². The van der Waals surface area contributed by atoms with Gasteiger partial charge in [-0.2, -0.15) is 0 Å². The normalized spacial score (nSPS) is 17.3. The third-order valence-electron chi connectivity index (χ3n) is 7.42. The summed E-state index contributed by atoms with van der Waals surface area (Å²) >= 11 is 6.34. The molecule has 0 bridgehead atoms. The predicted molar refractivity (Wildman–Crippen MR) is 158 cm³/mol. The van der Waals surface area contributed by atoms with Crippen LogP contribution in [0.15, 0.2) is 60.2 Å². The topological polar surface area (TPSA) is 66.8 Å². The molecule has 3 aromatic carbocycles. The van der Waals surface area contributed by atoms with Gasteiger partial charge in [0.15, 0.2) is 0 Å². The number of hydrogen-bond donors (Lipinski definition) is 1. The van der Waals surface area contributed by atoms with Crippen LogP contribution in [0.3, 0.4) is 0 Å². The number of rotatable bonds is 5. The van der Waals surface area contributed by atoms with Crippen LogP contribution >= 0.6 is 11.6 Å². The molecule has 6 heteroatoms. The largest absolute Gasteiger partial charge is 0.507 e. The lowest BCUT2D eigenvalue weighted by molar-refractivity contribution is -0.132. The number of carbonyl (C=O) groups is 2. The van der Waals surface area contributed by atoms with Crippen LogP contribution in [0.25, 0.3) is 5.76 Å². The first-order valence-corrected chi connectivity index (χ1v) is 13.5. The molecule has 1 fully saturated rings. The van der Waals surface area contributed by atoms with Gasteiger partial charge in [-0.3, -0.25) is 14.5 Å². The first-order valence-electron chi connectivity index (χ1n) is 13.1. The van der Waals surface area contributed by atoms with E-state index in [-0.39, 0.29) is 22.7 Å². The zero-order valence-corrected chi connectivity index (χ0v) is 24.6. The first kappa shape index (κ1) is 28.4. The van der Waals surface area contributed by atoms with E-state index >= 15 is 0 Å². The molecule has 4 rings (SSSR count). The van der Waals surface area contributed by atoms with E-state index in [1.54, 1.807) is 19.2 Å². The zero-order chi connectivity index (χ0) is 28.8. The summed E-state index contributed by atoms with van der Waals surface area (Å²) in [6.45, 7) is 14.2. The number of halogens is 1. The van der Waals surface area contributed by atoms with Crippen molar-refractivity contribution in [2.75, 3.05) is 12.0 Å². The van der Waals surface area contributed by atoms with Gasteiger partial charge in [0.2, 0.25) is 0 Å². The van der Waals surface area contributed by atoms with E-state index in [1.807, 2.05) is 70.2 Å². The van der Waals surface area contributed by atoms with Crippen LogP contribution in [0.1, 0.15) is 80.0 Å². The molecule has 0 spiro atoms. The smallest absolute Gasteiger partial charge is 0.300 e. The highest BCUT2D eigenvalue weighted by Gasteiger charge is 2.47. The Balaban J connectivity index is 2.01. The van der Waals surface area contributed by atoms with Gasteiger partial charge < -0.3 is 9.84 Å². The molecule has 5 nitrogen and oxygen atoms in total. The van der Waals surface area contributed by atoms with Crippen molar-refractivity contribution < 1.29 is 19.4 Å². The van der Waals surface area contributed by atoms with Crippen molar-refractivity contribution >= 4 is 34.7 Å². The van der Waals surface area contributed by atoms with Gasteiger partial charge in [0.25, 0.3) is 11.7 Å². The summed E-state index contributed by atoms with van der Waals surface area (Å²) in [5.74, 6) is -0.824. The maximum atomic E-state index is 13.7. The van der Waals surface area contributed by atoms with Crippen LogP contribution in [0.5, 0.6) is 5.75 Å². The molecule has 1 N–H and O–H groups in total. The molecule has 3 aromatic rings. The number of amides is 1. The number of carbonyl (C=O) groups excluding carboxylic acids is 2. The molecule has 0 saturated carbocycles. The van der Waals surface area contributed by atoms with Crippen molar-refractivity contribution in [1.82, 2.24) is 0 Å². The fourth-order valence-corrected chi connectivity index (χ4v) is 5.30. The number of aryl methyl sites for hydroxylation is 2. The Hall–Kier alpha value is -3.57. The lowest BCUT2D eigenvalue weighted by Crippen LogP contribution is -2.30. The third-order valence-corrected chi connectivity index (χ3v) is 7.66.